The number of esters is 1. The molecule has 1 aromatic carbocycles. The molecule has 5 nitrogen and oxygen atoms in total. The van der Waals surface area contributed by atoms with Crippen molar-refractivity contribution in [1.82, 2.24) is 0 Å². The summed E-state index contributed by atoms with van der Waals surface area (Å²) < 4.78 is 23.1. The van der Waals surface area contributed by atoms with Crippen LogP contribution in [0.3, 0.4) is 0 Å². The van der Waals surface area contributed by atoms with Crippen molar-refractivity contribution in [2.24, 2.45) is 5.92 Å². The van der Waals surface area contributed by atoms with Gasteiger partial charge in [0.2, 0.25) is 0 Å². The minimum atomic E-state index is -1.95. The van der Waals surface area contributed by atoms with Crippen molar-refractivity contribution >= 4 is 37.8 Å². The van der Waals surface area contributed by atoms with Gasteiger partial charge in [0.15, 0.2) is 19.8 Å². The maximum atomic E-state index is 12.5. The van der Waals surface area contributed by atoms with Gasteiger partial charge in [0.05, 0.1) is 31.3 Å². The summed E-state index contributed by atoms with van der Waals surface area (Å²) in [6, 6.07) is 6.14. The van der Waals surface area contributed by atoms with E-state index in [-0.39, 0.29) is 27.1 Å². The highest BCUT2D eigenvalue weighted by Gasteiger charge is 2.53. The van der Waals surface area contributed by atoms with Crippen molar-refractivity contribution in [3.63, 3.8) is 0 Å². The zero-order valence-electron chi connectivity index (χ0n) is 19.8. The van der Waals surface area contributed by atoms with Crippen molar-refractivity contribution in [3.05, 3.63) is 23.8 Å². The Bertz CT molecular complexity index is 787. The summed E-state index contributed by atoms with van der Waals surface area (Å²) >= 11 is 3.86. The normalized spacial score (nSPS) is 24.0. The number of carbonyl (C=O) groups excluding carboxylic acids is 1. The van der Waals surface area contributed by atoms with Crippen molar-refractivity contribution in [2.45, 2.75) is 61.9 Å². The summed E-state index contributed by atoms with van der Waals surface area (Å²) in [5.41, 5.74) is 1.15. The molecule has 3 rings (SSSR count). The number of thioether (sulfide) groups is 2. The Morgan fingerprint density at radius 2 is 1.77 bits per heavy atom. The quantitative estimate of drug-likeness (QED) is 0.364. The van der Waals surface area contributed by atoms with Crippen LogP contribution in [-0.4, -0.2) is 52.7 Å². The molecule has 0 amide bonds. The average molecular weight is 485 g/mol. The smallest absolute Gasteiger partial charge is 0.306 e. The zero-order valence-corrected chi connectivity index (χ0v) is 22.4. The highest BCUT2D eigenvalue weighted by molar-refractivity contribution is 8.18. The van der Waals surface area contributed by atoms with E-state index in [0.717, 1.165) is 23.5 Å². The van der Waals surface area contributed by atoms with E-state index in [1.54, 1.807) is 14.2 Å². The molecule has 2 aliphatic rings. The topological polar surface area (TPSA) is 54.0 Å². The molecule has 0 bridgehead atoms. The van der Waals surface area contributed by atoms with Gasteiger partial charge in [-0.1, -0.05) is 26.8 Å². The van der Waals surface area contributed by atoms with Gasteiger partial charge in [-0.3, -0.25) is 4.79 Å². The van der Waals surface area contributed by atoms with E-state index < -0.39 is 8.32 Å². The van der Waals surface area contributed by atoms with E-state index in [9.17, 15) is 4.79 Å². The molecule has 0 aliphatic carbocycles. The number of methoxy groups -OCH3 is 2. The average Bonchev–Trinajstić information content (AvgIpc) is 3.12. The molecule has 0 unspecified atom stereocenters. The molecular weight excluding hydrogens is 448 g/mol. The Hall–Kier alpha value is -0.833. The van der Waals surface area contributed by atoms with Gasteiger partial charge in [0.25, 0.3) is 0 Å². The Labute approximate surface area is 196 Å². The summed E-state index contributed by atoms with van der Waals surface area (Å²) in [7, 11) is 1.36. The first-order valence-electron chi connectivity index (χ1n) is 10.9. The van der Waals surface area contributed by atoms with Crippen LogP contribution in [0.1, 0.15) is 39.2 Å². The van der Waals surface area contributed by atoms with Crippen LogP contribution in [0, 0.1) is 5.92 Å². The first-order chi connectivity index (χ1) is 14.5. The van der Waals surface area contributed by atoms with Crippen molar-refractivity contribution in [3.8, 4) is 11.5 Å². The third kappa shape index (κ3) is 5.07. The Balaban J connectivity index is 1.94. The molecule has 8 heteroatoms. The van der Waals surface area contributed by atoms with Crippen LogP contribution in [0.5, 0.6) is 11.5 Å². The molecule has 2 heterocycles. The maximum absolute atomic E-state index is 12.5. The molecule has 0 spiro atoms. The lowest BCUT2D eigenvalue weighted by Crippen LogP contribution is -2.45. The van der Waals surface area contributed by atoms with E-state index in [0.29, 0.717) is 24.5 Å². The number of rotatable bonds is 7. The molecule has 174 valence electrons. The van der Waals surface area contributed by atoms with Crippen molar-refractivity contribution < 1.29 is 23.4 Å². The van der Waals surface area contributed by atoms with Gasteiger partial charge in [-0.15, -0.1) is 23.5 Å². The number of cyclic esters (lactones) is 1. The number of ether oxygens (including phenoxy) is 3. The van der Waals surface area contributed by atoms with Gasteiger partial charge in [0, 0.05) is 5.92 Å². The Kier molecular flexibility index (Phi) is 7.66. The highest BCUT2D eigenvalue weighted by Crippen LogP contribution is 2.59. The highest BCUT2D eigenvalue weighted by atomic mass is 32.2. The summed E-state index contributed by atoms with van der Waals surface area (Å²) in [6.07, 6.45) is 1.34. The molecule has 0 aromatic heterocycles. The van der Waals surface area contributed by atoms with E-state index >= 15 is 0 Å². The lowest BCUT2D eigenvalue weighted by Gasteiger charge is -2.43. The van der Waals surface area contributed by atoms with Crippen LogP contribution in [0.15, 0.2) is 18.2 Å². The summed E-state index contributed by atoms with van der Waals surface area (Å²) in [6.45, 7) is 11.6. The second-order valence-electron chi connectivity index (χ2n) is 9.70. The van der Waals surface area contributed by atoms with Gasteiger partial charge >= 0.3 is 5.97 Å². The third-order valence-corrected chi connectivity index (χ3v) is 14.9. The van der Waals surface area contributed by atoms with Gasteiger partial charge in [0.1, 0.15) is 6.10 Å². The fourth-order valence-electron chi connectivity index (χ4n) is 3.84. The van der Waals surface area contributed by atoms with E-state index in [2.05, 4.69) is 46.0 Å². The third-order valence-electron chi connectivity index (χ3n) is 6.73. The SMILES string of the molecule is COc1ccc(C2([C@H]3CC(=O)O[C@@H]3CO[Si](C)(C)C(C)(C)C)SCCCS2)cc1OC. The molecule has 2 saturated heterocycles. The first-order valence-corrected chi connectivity index (χ1v) is 15.8. The molecule has 2 fully saturated rings. The van der Waals surface area contributed by atoms with Gasteiger partial charge in [-0.05, 0) is 53.8 Å². The standard InChI is InChI=1S/C23H36O5S2Si/c1-22(2,3)31(6,7)27-15-20-17(14-21(24)28-20)23(29-11-8-12-30-23)16-9-10-18(25-4)19(13-16)26-5/h9-10,13,17,20H,8,11-12,14-15H2,1-7H3/t17-,20+/m0/s1. The monoisotopic (exact) mass is 484 g/mol. The molecular formula is C23H36O5S2Si. The number of carbonyl (C=O) groups is 1. The van der Waals surface area contributed by atoms with Gasteiger partial charge < -0.3 is 18.6 Å². The van der Waals surface area contributed by atoms with Crippen molar-refractivity contribution in [2.75, 3.05) is 32.3 Å². The number of hydrogen-bond donors (Lipinski definition) is 0. The van der Waals surface area contributed by atoms with Crippen LogP contribution in [0.4, 0.5) is 0 Å². The van der Waals surface area contributed by atoms with Crippen LogP contribution in [-0.2, 0) is 18.0 Å². The predicted molar refractivity (Wildman–Crippen MR) is 132 cm³/mol. The largest absolute Gasteiger partial charge is 0.493 e. The van der Waals surface area contributed by atoms with Crippen LogP contribution < -0.4 is 9.47 Å². The molecule has 1 aromatic rings. The lowest BCUT2D eigenvalue weighted by molar-refractivity contribution is -0.142. The minimum absolute atomic E-state index is 0.0400. The minimum Gasteiger partial charge on any atom is -0.493 e. The van der Waals surface area contributed by atoms with Crippen LogP contribution >= 0.6 is 23.5 Å². The number of hydrogen-bond acceptors (Lipinski definition) is 7. The maximum Gasteiger partial charge on any atom is 0.306 e. The van der Waals surface area contributed by atoms with Gasteiger partial charge in [-0.25, -0.2) is 0 Å². The van der Waals surface area contributed by atoms with E-state index in [1.807, 2.05) is 29.6 Å². The Morgan fingerprint density at radius 3 is 2.35 bits per heavy atom. The predicted octanol–water partition coefficient (Wildman–Crippen LogP) is 5.68. The summed E-state index contributed by atoms with van der Waals surface area (Å²) in [4.78, 5) is 12.5. The molecule has 0 radical (unpaired) electrons. The summed E-state index contributed by atoms with van der Waals surface area (Å²) in [5.74, 6) is 3.46. The van der Waals surface area contributed by atoms with Gasteiger partial charge in [-0.2, -0.15) is 0 Å². The van der Waals surface area contributed by atoms with E-state index in [1.165, 1.54) is 0 Å². The zero-order chi connectivity index (χ0) is 22.9. The fourth-order valence-corrected chi connectivity index (χ4v) is 8.54. The molecule has 31 heavy (non-hydrogen) atoms. The second-order valence-corrected chi connectivity index (χ2v) is 17.4. The molecule has 2 aliphatic heterocycles. The summed E-state index contributed by atoms with van der Waals surface area (Å²) in [5, 5.41) is 0.112. The second kappa shape index (κ2) is 9.57. The molecule has 0 N–H and O–H groups in total. The lowest BCUT2D eigenvalue weighted by atomic mass is 9.91. The Morgan fingerprint density at radius 1 is 1.13 bits per heavy atom. The van der Waals surface area contributed by atoms with Crippen LogP contribution in [0.2, 0.25) is 18.1 Å². The van der Waals surface area contributed by atoms with E-state index in [4.69, 9.17) is 18.6 Å². The fraction of sp³-hybridized carbons (Fsp3) is 0.696. The van der Waals surface area contributed by atoms with Crippen molar-refractivity contribution in [1.29, 1.82) is 0 Å². The van der Waals surface area contributed by atoms with Crippen LogP contribution in [0.25, 0.3) is 0 Å². The number of benzene rings is 1. The first kappa shape index (κ1) is 24.8. The molecule has 2 atom stereocenters. The molecule has 0 saturated carbocycles.